The van der Waals surface area contributed by atoms with Crippen molar-refractivity contribution in [2.75, 3.05) is 33.3 Å². The number of ether oxygens (including phenoxy) is 2. The summed E-state index contributed by atoms with van der Waals surface area (Å²) in [6.45, 7) is 10.4. The van der Waals surface area contributed by atoms with E-state index in [1.54, 1.807) is 19.2 Å². The number of carbonyl (C=O) groups excluding carboxylic acids is 2. The van der Waals surface area contributed by atoms with Gasteiger partial charge >= 0.3 is 5.97 Å². The molecule has 46 heavy (non-hydrogen) atoms. The van der Waals surface area contributed by atoms with E-state index in [2.05, 4.69) is 34.1 Å². The van der Waals surface area contributed by atoms with Gasteiger partial charge in [0.1, 0.15) is 23.1 Å². The Labute approximate surface area is 275 Å². The van der Waals surface area contributed by atoms with Crippen molar-refractivity contribution in [3.05, 3.63) is 82.9 Å². The fraction of sp³-hybridized carbons (Fsp3) is 0.421. The minimum atomic E-state index is -0.490. The van der Waals surface area contributed by atoms with Crippen molar-refractivity contribution in [2.24, 2.45) is 0 Å². The van der Waals surface area contributed by atoms with Crippen LogP contribution in [-0.4, -0.2) is 71.6 Å². The smallest absolute Gasteiger partial charge is 0.323 e. The molecule has 3 aromatic carbocycles. The standard InChI is InChI=1S/C38H44N2O5S/c1-38(2,3)45-37(43)31-8-7-20-40(31)21-17-25-9-11-26(12-10-25)36-34(30-16-15-29(41)23-33(30)46-36)35(42)27-13-14-28(32(22-27)44-4)24-39-18-5-6-19-39/h9-16,22-23,31,41H,5-8,17-21,24H2,1-4H3/t31-/m0/s1. The molecule has 3 heterocycles. The summed E-state index contributed by atoms with van der Waals surface area (Å²) in [5.41, 5.74) is 3.94. The van der Waals surface area contributed by atoms with Crippen LogP contribution in [-0.2, 0) is 22.5 Å². The minimum Gasteiger partial charge on any atom is -0.508 e. The average Bonchev–Trinajstić information content (AvgIpc) is 3.79. The second-order valence-corrected chi connectivity index (χ2v) is 14.6. The molecule has 0 radical (unpaired) electrons. The van der Waals surface area contributed by atoms with E-state index in [1.807, 2.05) is 45.0 Å². The summed E-state index contributed by atoms with van der Waals surface area (Å²) in [4.78, 5) is 32.6. The Balaban J connectivity index is 1.24. The van der Waals surface area contributed by atoms with Crippen molar-refractivity contribution in [1.82, 2.24) is 9.80 Å². The third-order valence-corrected chi connectivity index (χ3v) is 10.2. The van der Waals surface area contributed by atoms with Crippen LogP contribution in [0.5, 0.6) is 11.5 Å². The monoisotopic (exact) mass is 640 g/mol. The van der Waals surface area contributed by atoms with E-state index in [-0.39, 0.29) is 23.5 Å². The topological polar surface area (TPSA) is 79.3 Å². The number of ketones is 1. The van der Waals surface area contributed by atoms with Crippen LogP contribution in [0.25, 0.3) is 20.5 Å². The van der Waals surface area contributed by atoms with Crippen molar-refractivity contribution in [1.29, 1.82) is 0 Å². The number of hydrogen-bond acceptors (Lipinski definition) is 8. The summed E-state index contributed by atoms with van der Waals surface area (Å²) in [5, 5.41) is 11.1. The van der Waals surface area contributed by atoms with Crippen LogP contribution >= 0.6 is 11.3 Å². The molecule has 242 valence electrons. The van der Waals surface area contributed by atoms with Gasteiger partial charge < -0.3 is 14.6 Å². The highest BCUT2D eigenvalue weighted by molar-refractivity contribution is 7.22. The first-order valence-corrected chi connectivity index (χ1v) is 17.2. The molecule has 4 aromatic rings. The quantitative estimate of drug-likeness (QED) is 0.142. The normalized spacial score (nSPS) is 17.5. The van der Waals surface area contributed by atoms with E-state index >= 15 is 0 Å². The summed E-state index contributed by atoms with van der Waals surface area (Å²) in [6.07, 6.45) is 5.08. The van der Waals surface area contributed by atoms with Gasteiger partial charge in [0.25, 0.3) is 0 Å². The molecule has 1 N–H and O–H groups in total. The Morgan fingerprint density at radius 3 is 2.43 bits per heavy atom. The molecule has 7 nitrogen and oxygen atoms in total. The highest BCUT2D eigenvalue weighted by Crippen LogP contribution is 2.41. The van der Waals surface area contributed by atoms with E-state index < -0.39 is 5.60 Å². The van der Waals surface area contributed by atoms with Gasteiger partial charge in [-0.1, -0.05) is 36.4 Å². The lowest BCUT2D eigenvalue weighted by Gasteiger charge is -2.27. The number of rotatable bonds is 10. The number of phenols is 1. The maximum Gasteiger partial charge on any atom is 0.323 e. The van der Waals surface area contributed by atoms with Gasteiger partial charge in [-0.05, 0) is 108 Å². The van der Waals surface area contributed by atoms with Crippen LogP contribution in [0.3, 0.4) is 0 Å². The van der Waals surface area contributed by atoms with E-state index in [4.69, 9.17) is 9.47 Å². The van der Waals surface area contributed by atoms with E-state index in [9.17, 15) is 14.7 Å². The van der Waals surface area contributed by atoms with Crippen molar-refractivity contribution < 1.29 is 24.2 Å². The number of phenolic OH excluding ortho intramolecular Hbond substituents is 1. The van der Waals surface area contributed by atoms with Gasteiger partial charge in [-0.25, -0.2) is 0 Å². The summed E-state index contributed by atoms with van der Waals surface area (Å²) < 4.78 is 12.3. The molecule has 1 aromatic heterocycles. The Hall–Kier alpha value is -3.72. The zero-order chi connectivity index (χ0) is 32.4. The number of fused-ring (bicyclic) bond motifs is 1. The van der Waals surface area contributed by atoms with E-state index in [1.165, 1.54) is 29.7 Å². The zero-order valence-corrected chi connectivity index (χ0v) is 28.1. The number of benzene rings is 3. The molecule has 1 atom stereocenters. The fourth-order valence-corrected chi connectivity index (χ4v) is 7.92. The van der Waals surface area contributed by atoms with Crippen molar-refractivity contribution in [3.63, 3.8) is 0 Å². The molecule has 0 aliphatic carbocycles. The molecule has 2 fully saturated rings. The van der Waals surface area contributed by atoms with Crippen LogP contribution in [0.2, 0.25) is 0 Å². The highest BCUT2D eigenvalue weighted by atomic mass is 32.1. The number of thiophene rings is 1. The predicted octanol–water partition coefficient (Wildman–Crippen LogP) is 7.46. The first-order valence-electron chi connectivity index (χ1n) is 16.4. The maximum atomic E-state index is 14.2. The van der Waals surface area contributed by atoms with Crippen LogP contribution in [0.1, 0.15) is 73.5 Å². The molecule has 0 saturated carbocycles. The lowest BCUT2D eigenvalue weighted by molar-refractivity contribution is -0.160. The molecule has 0 bridgehead atoms. The molecule has 2 saturated heterocycles. The summed E-state index contributed by atoms with van der Waals surface area (Å²) >= 11 is 1.52. The summed E-state index contributed by atoms with van der Waals surface area (Å²) in [5.74, 6) is 0.707. The minimum absolute atomic E-state index is 0.0655. The Kier molecular flexibility index (Phi) is 9.50. The largest absolute Gasteiger partial charge is 0.508 e. The second-order valence-electron chi connectivity index (χ2n) is 13.5. The maximum absolute atomic E-state index is 14.2. The lowest BCUT2D eigenvalue weighted by Crippen LogP contribution is -2.41. The molecule has 8 heteroatoms. The first kappa shape index (κ1) is 32.2. The molecule has 6 rings (SSSR count). The van der Waals surface area contributed by atoms with Gasteiger partial charge in [-0.3, -0.25) is 19.4 Å². The number of hydrogen-bond donors (Lipinski definition) is 1. The number of carbonyl (C=O) groups is 2. The fourth-order valence-electron chi connectivity index (χ4n) is 6.68. The molecular weight excluding hydrogens is 596 g/mol. The molecular formula is C38H44N2O5S. The van der Waals surface area contributed by atoms with Gasteiger partial charge in [0, 0.05) is 44.7 Å². The van der Waals surface area contributed by atoms with Crippen molar-refractivity contribution >= 4 is 33.2 Å². The second kappa shape index (κ2) is 13.6. The average molecular weight is 641 g/mol. The SMILES string of the molecule is COc1cc(C(=O)c2c(-c3ccc(CCN4CCC[C@H]4C(=O)OC(C)(C)C)cc3)sc3cc(O)ccc23)ccc1CN1CCCC1. The van der Waals surface area contributed by atoms with Crippen molar-refractivity contribution in [2.45, 2.75) is 71.1 Å². The molecule has 0 spiro atoms. The highest BCUT2D eigenvalue weighted by Gasteiger charge is 2.33. The zero-order valence-electron chi connectivity index (χ0n) is 27.3. The Morgan fingerprint density at radius 1 is 0.957 bits per heavy atom. The van der Waals surface area contributed by atoms with Gasteiger partial charge in [0.05, 0.1) is 7.11 Å². The van der Waals surface area contributed by atoms with Gasteiger partial charge in [-0.2, -0.15) is 0 Å². The van der Waals surface area contributed by atoms with E-state index in [0.29, 0.717) is 11.1 Å². The summed E-state index contributed by atoms with van der Waals surface area (Å²) in [6, 6.07) is 19.2. The molecule has 2 aliphatic rings. The van der Waals surface area contributed by atoms with Crippen molar-refractivity contribution in [3.8, 4) is 21.9 Å². The van der Waals surface area contributed by atoms with Crippen LogP contribution in [0.4, 0.5) is 0 Å². The van der Waals surface area contributed by atoms with Crippen LogP contribution in [0, 0.1) is 0 Å². The molecule has 0 unspecified atom stereocenters. The Bertz CT molecular complexity index is 1720. The van der Waals surface area contributed by atoms with Gasteiger partial charge in [-0.15, -0.1) is 11.3 Å². The lowest BCUT2D eigenvalue weighted by atomic mass is 9.96. The van der Waals surface area contributed by atoms with Gasteiger partial charge in [0.2, 0.25) is 0 Å². The number of esters is 1. The first-order chi connectivity index (χ1) is 22.1. The van der Waals surface area contributed by atoms with E-state index in [0.717, 1.165) is 83.8 Å². The van der Waals surface area contributed by atoms with Crippen LogP contribution in [0.15, 0.2) is 60.7 Å². The number of nitrogens with zero attached hydrogens (tertiary/aromatic N) is 2. The summed E-state index contributed by atoms with van der Waals surface area (Å²) in [7, 11) is 1.66. The number of methoxy groups -OCH3 is 1. The Morgan fingerprint density at radius 2 is 1.72 bits per heavy atom. The third kappa shape index (κ3) is 7.14. The van der Waals surface area contributed by atoms with Gasteiger partial charge in [0.15, 0.2) is 5.78 Å². The predicted molar refractivity (Wildman–Crippen MR) is 184 cm³/mol. The number of aromatic hydroxyl groups is 1. The number of likely N-dealkylation sites (tertiary alicyclic amines) is 2. The third-order valence-electron chi connectivity index (χ3n) is 8.99. The molecule has 0 amide bonds. The van der Waals surface area contributed by atoms with Crippen LogP contribution < -0.4 is 4.74 Å². The molecule has 2 aliphatic heterocycles.